The van der Waals surface area contributed by atoms with E-state index in [0.717, 1.165) is 5.56 Å². The Morgan fingerprint density at radius 3 is 2.39 bits per heavy atom. The molecule has 9 heteroatoms. The van der Waals surface area contributed by atoms with Crippen LogP contribution in [0.3, 0.4) is 0 Å². The number of aryl methyl sites for hydroxylation is 1. The summed E-state index contributed by atoms with van der Waals surface area (Å²) in [7, 11) is -3.74. The Morgan fingerprint density at radius 2 is 1.71 bits per heavy atom. The van der Waals surface area contributed by atoms with Crippen molar-refractivity contribution in [1.29, 1.82) is 5.26 Å². The molecule has 1 aromatic heterocycles. The van der Waals surface area contributed by atoms with Gasteiger partial charge in [0.15, 0.2) is 0 Å². The molecular formula is C29H29N5O3S. The van der Waals surface area contributed by atoms with E-state index in [-0.39, 0.29) is 10.8 Å². The molecule has 38 heavy (non-hydrogen) atoms. The zero-order valence-electron chi connectivity index (χ0n) is 21.7. The Bertz CT molecular complexity index is 1630. The summed E-state index contributed by atoms with van der Waals surface area (Å²) >= 11 is 0. The zero-order chi connectivity index (χ0) is 27.5. The third kappa shape index (κ3) is 6.35. The van der Waals surface area contributed by atoms with E-state index in [2.05, 4.69) is 21.2 Å². The molecule has 0 radical (unpaired) electrons. The van der Waals surface area contributed by atoms with E-state index in [4.69, 9.17) is 5.26 Å². The second kappa shape index (κ2) is 10.6. The van der Waals surface area contributed by atoms with Gasteiger partial charge in [0, 0.05) is 16.8 Å². The predicted octanol–water partition coefficient (Wildman–Crippen LogP) is 5.11. The third-order valence-corrected chi connectivity index (χ3v) is 7.41. The first-order chi connectivity index (χ1) is 17.9. The van der Waals surface area contributed by atoms with E-state index in [9.17, 15) is 13.2 Å². The first-order valence-corrected chi connectivity index (χ1v) is 13.5. The maximum Gasteiger partial charge on any atom is 0.273 e. The summed E-state index contributed by atoms with van der Waals surface area (Å²) in [4.78, 5) is 13.3. The van der Waals surface area contributed by atoms with Gasteiger partial charge >= 0.3 is 0 Å². The van der Waals surface area contributed by atoms with Gasteiger partial charge in [-0.2, -0.15) is 10.4 Å². The molecule has 0 fully saturated rings. The highest BCUT2D eigenvalue weighted by molar-refractivity contribution is 7.89. The van der Waals surface area contributed by atoms with E-state index < -0.39 is 15.6 Å². The van der Waals surface area contributed by atoms with E-state index in [1.165, 1.54) is 0 Å². The number of rotatable bonds is 7. The van der Waals surface area contributed by atoms with Crippen LogP contribution in [0.2, 0.25) is 0 Å². The molecule has 2 N–H and O–H groups in total. The van der Waals surface area contributed by atoms with Gasteiger partial charge in [0.2, 0.25) is 10.0 Å². The topological polar surface area (TPSA) is 117 Å². The number of benzene rings is 3. The quantitative estimate of drug-likeness (QED) is 0.346. The average molecular weight is 528 g/mol. The second-order valence-electron chi connectivity index (χ2n) is 10.0. The Labute approximate surface area is 223 Å². The smallest absolute Gasteiger partial charge is 0.273 e. The monoisotopic (exact) mass is 527 g/mol. The molecule has 4 rings (SSSR count). The fraction of sp³-hybridized carbons (Fsp3) is 0.207. The third-order valence-electron chi connectivity index (χ3n) is 5.59. The van der Waals surface area contributed by atoms with Crippen molar-refractivity contribution in [2.45, 2.75) is 44.7 Å². The Balaban J connectivity index is 1.55. The van der Waals surface area contributed by atoms with E-state index in [1.807, 2.05) is 13.0 Å². The summed E-state index contributed by atoms with van der Waals surface area (Å²) in [6.45, 7) is 7.54. The Morgan fingerprint density at radius 1 is 1.00 bits per heavy atom. The van der Waals surface area contributed by atoms with Crippen LogP contribution in [-0.4, -0.2) is 29.6 Å². The molecule has 0 aliphatic heterocycles. The largest absolute Gasteiger partial charge is 0.321 e. The van der Waals surface area contributed by atoms with Crippen molar-refractivity contribution in [3.63, 3.8) is 0 Å². The number of anilines is 1. The van der Waals surface area contributed by atoms with Crippen molar-refractivity contribution >= 4 is 21.6 Å². The lowest BCUT2D eigenvalue weighted by Gasteiger charge is -2.21. The van der Waals surface area contributed by atoms with Crippen LogP contribution < -0.4 is 10.0 Å². The van der Waals surface area contributed by atoms with Crippen LogP contribution >= 0.6 is 0 Å². The zero-order valence-corrected chi connectivity index (χ0v) is 22.5. The molecule has 1 amide bonds. The van der Waals surface area contributed by atoms with Crippen molar-refractivity contribution in [3.05, 3.63) is 101 Å². The highest BCUT2D eigenvalue weighted by Crippen LogP contribution is 2.29. The van der Waals surface area contributed by atoms with Crippen molar-refractivity contribution in [2.75, 3.05) is 5.32 Å². The number of nitrogens with zero attached hydrogens (tertiary/aromatic N) is 3. The van der Waals surface area contributed by atoms with Gasteiger partial charge in [0.05, 0.1) is 28.8 Å². The first-order valence-electron chi connectivity index (χ1n) is 12.0. The maximum absolute atomic E-state index is 13.1. The van der Waals surface area contributed by atoms with Crippen LogP contribution in [0.4, 0.5) is 5.69 Å². The number of aromatic nitrogens is 2. The van der Waals surface area contributed by atoms with Crippen LogP contribution in [0.15, 0.2) is 83.8 Å². The molecule has 0 aliphatic carbocycles. The van der Waals surface area contributed by atoms with Crippen LogP contribution in [0.25, 0.3) is 11.1 Å². The van der Waals surface area contributed by atoms with Gasteiger partial charge in [-0.15, -0.1) is 0 Å². The van der Waals surface area contributed by atoms with Crippen LogP contribution in [0.5, 0.6) is 0 Å². The number of sulfonamides is 1. The van der Waals surface area contributed by atoms with Crippen molar-refractivity contribution in [1.82, 2.24) is 14.5 Å². The van der Waals surface area contributed by atoms with Gasteiger partial charge in [0.25, 0.3) is 5.91 Å². The minimum absolute atomic E-state index is 0.187. The van der Waals surface area contributed by atoms with Crippen LogP contribution in [0.1, 0.15) is 48.1 Å². The highest BCUT2D eigenvalue weighted by atomic mass is 32.2. The minimum Gasteiger partial charge on any atom is -0.321 e. The molecule has 3 aromatic carbocycles. The predicted molar refractivity (Wildman–Crippen MR) is 147 cm³/mol. The number of nitriles is 1. The van der Waals surface area contributed by atoms with Crippen molar-refractivity contribution < 1.29 is 13.2 Å². The Hall–Kier alpha value is -4.26. The van der Waals surface area contributed by atoms with Crippen molar-refractivity contribution in [3.8, 4) is 17.2 Å². The van der Waals surface area contributed by atoms with Gasteiger partial charge in [-0.25, -0.2) is 13.1 Å². The summed E-state index contributed by atoms with van der Waals surface area (Å²) < 4.78 is 30.3. The summed E-state index contributed by atoms with van der Waals surface area (Å²) in [5, 5.41) is 16.5. The van der Waals surface area contributed by atoms with Gasteiger partial charge in [-0.3, -0.25) is 9.48 Å². The summed E-state index contributed by atoms with van der Waals surface area (Å²) in [6.07, 6.45) is 0. The Kier molecular flexibility index (Phi) is 7.49. The normalized spacial score (nSPS) is 11.7. The molecule has 8 nitrogen and oxygen atoms in total. The van der Waals surface area contributed by atoms with Gasteiger partial charge in [-0.1, -0.05) is 42.5 Å². The average Bonchev–Trinajstić information content (AvgIpc) is 3.23. The highest BCUT2D eigenvalue weighted by Gasteiger charge is 2.24. The van der Waals surface area contributed by atoms with Crippen LogP contribution in [-0.2, 0) is 16.6 Å². The molecule has 0 saturated carbocycles. The van der Waals surface area contributed by atoms with Crippen LogP contribution in [0, 0.1) is 18.3 Å². The number of carbonyl (C=O) groups is 1. The molecule has 0 aliphatic rings. The molecule has 0 atom stereocenters. The number of amides is 1. The molecule has 0 saturated heterocycles. The minimum atomic E-state index is -3.74. The second-order valence-corrected chi connectivity index (χ2v) is 11.7. The molecular weight excluding hydrogens is 498 g/mol. The fourth-order valence-electron chi connectivity index (χ4n) is 4.09. The molecule has 194 valence electrons. The first kappa shape index (κ1) is 26.8. The van der Waals surface area contributed by atoms with Gasteiger partial charge in [0.1, 0.15) is 5.69 Å². The van der Waals surface area contributed by atoms with Crippen molar-refractivity contribution in [2.24, 2.45) is 0 Å². The number of hydrogen-bond donors (Lipinski definition) is 2. The molecule has 0 spiro atoms. The number of hydrogen-bond acceptors (Lipinski definition) is 5. The van der Waals surface area contributed by atoms with Gasteiger partial charge in [-0.05, 0) is 75.2 Å². The van der Waals surface area contributed by atoms with Gasteiger partial charge < -0.3 is 5.32 Å². The number of nitrogens with one attached hydrogen (secondary N) is 2. The summed E-state index contributed by atoms with van der Waals surface area (Å²) in [6, 6.07) is 24.8. The summed E-state index contributed by atoms with van der Waals surface area (Å²) in [5.74, 6) is -0.327. The lowest BCUT2D eigenvalue weighted by Crippen LogP contribution is -2.40. The lowest BCUT2D eigenvalue weighted by atomic mass is 10.1. The fourth-order valence-corrected chi connectivity index (χ4v) is 5.74. The molecule has 0 unspecified atom stereocenters. The summed E-state index contributed by atoms with van der Waals surface area (Å²) in [5.41, 5.74) is 3.70. The van der Waals surface area contributed by atoms with E-state index >= 15 is 0 Å². The SMILES string of the molecule is Cc1cc(C(=O)Nc2ccc(-c3ccccc3S(=O)(=O)NC(C)(C)C)cc2)n(Cc2cccc(C#N)c2)n1. The van der Waals surface area contributed by atoms with E-state index in [1.54, 1.807) is 98.2 Å². The van der Waals surface area contributed by atoms with E-state index in [0.29, 0.717) is 40.3 Å². The standard InChI is InChI=1S/C29H29N5O3S/c1-20-16-26(34(32-20)19-22-9-7-8-21(17-22)18-30)28(35)31-24-14-12-23(13-15-24)25-10-5-6-11-27(25)38(36,37)33-29(2,3)4/h5-17,33H,19H2,1-4H3,(H,31,35). The maximum atomic E-state index is 13.1. The molecule has 1 heterocycles. The lowest BCUT2D eigenvalue weighted by molar-refractivity contribution is 0.101. The number of carbonyl (C=O) groups excluding carboxylic acids is 1. The molecule has 0 bridgehead atoms. The molecule has 4 aromatic rings.